The first kappa shape index (κ1) is 18.2. The maximum Gasteiger partial charge on any atom is 0.416 e. The molecule has 124 valence electrons. The standard InChI is InChI=1S/C12H14F3NO5S/c1-2-3-8(11(18)19)16-22(20,21)10-6-7(12(13,14)15)4-5-9(10)17/h4-6,8,16-17H,2-3H2,1H3,(H,18,19). The highest BCUT2D eigenvalue weighted by Gasteiger charge is 2.34. The average molecular weight is 341 g/mol. The number of carboxylic acid groups (broad SMARTS) is 1. The summed E-state index contributed by atoms with van der Waals surface area (Å²) in [5.74, 6) is -2.36. The fraction of sp³-hybridized carbons (Fsp3) is 0.417. The third-order valence-corrected chi connectivity index (χ3v) is 4.25. The van der Waals surface area contributed by atoms with E-state index in [1.165, 1.54) is 0 Å². The number of phenols is 1. The Morgan fingerprint density at radius 1 is 1.36 bits per heavy atom. The van der Waals surface area contributed by atoms with E-state index in [9.17, 15) is 31.5 Å². The van der Waals surface area contributed by atoms with Crippen molar-refractivity contribution in [2.24, 2.45) is 0 Å². The van der Waals surface area contributed by atoms with E-state index < -0.39 is 44.4 Å². The molecule has 0 aromatic heterocycles. The largest absolute Gasteiger partial charge is 0.507 e. The molecule has 1 rings (SSSR count). The van der Waals surface area contributed by atoms with Gasteiger partial charge in [0, 0.05) is 0 Å². The van der Waals surface area contributed by atoms with Crippen molar-refractivity contribution in [3.63, 3.8) is 0 Å². The Kier molecular flexibility index (Phi) is 5.41. The number of hydrogen-bond acceptors (Lipinski definition) is 4. The number of benzene rings is 1. The minimum atomic E-state index is -4.80. The van der Waals surface area contributed by atoms with Crippen molar-refractivity contribution in [3.8, 4) is 5.75 Å². The summed E-state index contributed by atoms with van der Waals surface area (Å²) in [6.07, 6.45) is -4.50. The molecule has 1 aromatic carbocycles. The van der Waals surface area contributed by atoms with Crippen molar-refractivity contribution in [2.45, 2.75) is 36.9 Å². The molecule has 0 spiro atoms. The molecule has 0 fully saturated rings. The second-order valence-corrected chi connectivity index (χ2v) is 6.16. The molecule has 6 nitrogen and oxygen atoms in total. The van der Waals surface area contributed by atoms with Gasteiger partial charge in [0.25, 0.3) is 0 Å². The number of sulfonamides is 1. The maximum atomic E-state index is 12.6. The third kappa shape index (κ3) is 4.34. The molecule has 3 N–H and O–H groups in total. The number of alkyl halides is 3. The van der Waals surface area contributed by atoms with Crippen LogP contribution in [0.25, 0.3) is 0 Å². The van der Waals surface area contributed by atoms with Crippen LogP contribution in [0, 0.1) is 0 Å². The highest BCUT2D eigenvalue weighted by molar-refractivity contribution is 7.89. The zero-order valence-corrected chi connectivity index (χ0v) is 12.2. The molecular formula is C12H14F3NO5S. The molecule has 0 heterocycles. The summed E-state index contributed by atoms with van der Waals surface area (Å²) in [5.41, 5.74) is -1.27. The molecule has 10 heteroatoms. The number of hydrogen-bond donors (Lipinski definition) is 3. The van der Waals surface area contributed by atoms with Gasteiger partial charge in [-0.1, -0.05) is 13.3 Å². The van der Waals surface area contributed by atoms with Crippen molar-refractivity contribution < 1.29 is 36.6 Å². The highest BCUT2D eigenvalue weighted by Crippen LogP contribution is 2.33. The van der Waals surface area contributed by atoms with Crippen LogP contribution in [-0.2, 0) is 21.0 Å². The zero-order valence-electron chi connectivity index (χ0n) is 11.4. The number of aliphatic carboxylic acids is 1. The maximum absolute atomic E-state index is 12.6. The van der Waals surface area contributed by atoms with Gasteiger partial charge >= 0.3 is 12.1 Å². The Morgan fingerprint density at radius 3 is 2.41 bits per heavy atom. The molecule has 0 aliphatic carbocycles. The van der Waals surface area contributed by atoms with Crippen LogP contribution in [-0.4, -0.2) is 30.6 Å². The van der Waals surface area contributed by atoms with Crippen molar-refractivity contribution >= 4 is 16.0 Å². The summed E-state index contributed by atoms with van der Waals surface area (Å²) in [4.78, 5) is 9.92. The molecule has 22 heavy (non-hydrogen) atoms. The highest BCUT2D eigenvalue weighted by atomic mass is 32.2. The van der Waals surface area contributed by atoms with E-state index in [4.69, 9.17) is 5.11 Å². The quantitative estimate of drug-likeness (QED) is 0.734. The first-order valence-electron chi connectivity index (χ1n) is 6.14. The van der Waals surface area contributed by atoms with Gasteiger partial charge in [0.1, 0.15) is 16.7 Å². The molecular weight excluding hydrogens is 327 g/mol. The number of phenolic OH excluding ortho intramolecular Hbond substituents is 1. The second-order valence-electron chi connectivity index (χ2n) is 4.48. The van der Waals surface area contributed by atoms with Crippen LogP contribution in [0.3, 0.4) is 0 Å². The lowest BCUT2D eigenvalue weighted by atomic mass is 10.2. The minimum Gasteiger partial charge on any atom is -0.507 e. The van der Waals surface area contributed by atoms with E-state index >= 15 is 0 Å². The molecule has 0 radical (unpaired) electrons. The van der Waals surface area contributed by atoms with Crippen molar-refractivity contribution in [3.05, 3.63) is 23.8 Å². The number of aromatic hydroxyl groups is 1. The van der Waals surface area contributed by atoms with E-state index in [0.29, 0.717) is 18.6 Å². The molecule has 1 atom stereocenters. The SMILES string of the molecule is CCCC(NS(=O)(=O)c1cc(C(F)(F)F)ccc1O)C(=O)O. The summed E-state index contributed by atoms with van der Waals surface area (Å²) in [6.45, 7) is 1.62. The summed E-state index contributed by atoms with van der Waals surface area (Å²) in [5, 5.41) is 18.4. The van der Waals surface area contributed by atoms with Gasteiger partial charge in [0.05, 0.1) is 5.56 Å². The Hall–Kier alpha value is -1.81. The van der Waals surface area contributed by atoms with Gasteiger partial charge in [0.2, 0.25) is 10.0 Å². The minimum absolute atomic E-state index is 0.0473. The van der Waals surface area contributed by atoms with Gasteiger partial charge in [-0.15, -0.1) is 0 Å². The zero-order chi connectivity index (χ0) is 17.1. The van der Waals surface area contributed by atoms with Gasteiger partial charge in [-0.25, -0.2) is 8.42 Å². The predicted octanol–water partition coefficient (Wildman–Crippen LogP) is 1.94. The lowest BCUT2D eigenvalue weighted by molar-refractivity contribution is -0.139. The topological polar surface area (TPSA) is 104 Å². The lowest BCUT2D eigenvalue weighted by Gasteiger charge is -2.16. The molecule has 0 aliphatic heterocycles. The Bertz CT molecular complexity index is 657. The van der Waals surface area contributed by atoms with E-state index in [1.807, 2.05) is 0 Å². The summed E-state index contributed by atoms with van der Waals surface area (Å²) >= 11 is 0. The molecule has 0 aliphatic rings. The van der Waals surface area contributed by atoms with Crippen LogP contribution in [0.2, 0.25) is 0 Å². The van der Waals surface area contributed by atoms with Crippen LogP contribution in [0.5, 0.6) is 5.75 Å². The lowest BCUT2D eigenvalue weighted by Crippen LogP contribution is -2.40. The molecule has 0 amide bonds. The Balaban J connectivity index is 3.25. The van der Waals surface area contributed by atoms with Crippen LogP contribution in [0.4, 0.5) is 13.2 Å². The van der Waals surface area contributed by atoms with Gasteiger partial charge < -0.3 is 10.2 Å². The average Bonchev–Trinajstić information content (AvgIpc) is 2.36. The van der Waals surface area contributed by atoms with Crippen LogP contribution in [0.15, 0.2) is 23.1 Å². The van der Waals surface area contributed by atoms with Gasteiger partial charge in [-0.2, -0.15) is 17.9 Å². The first-order valence-corrected chi connectivity index (χ1v) is 7.62. The van der Waals surface area contributed by atoms with Crippen LogP contribution < -0.4 is 4.72 Å². The van der Waals surface area contributed by atoms with Gasteiger partial charge in [-0.05, 0) is 24.6 Å². The number of carbonyl (C=O) groups is 1. The smallest absolute Gasteiger partial charge is 0.416 e. The van der Waals surface area contributed by atoms with E-state index in [1.54, 1.807) is 11.6 Å². The summed E-state index contributed by atoms with van der Waals surface area (Å²) in [6, 6.07) is -0.131. The molecule has 1 unspecified atom stereocenters. The molecule has 1 aromatic rings. The fourth-order valence-corrected chi connectivity index (χ4v) is 3.02. The van der Waals surface area contributed by atoms with Crippen molar-refractivity contribution in [1.82, 2.24) is 4.72 Å². The number of carboxylic acids is 1. The normalized spacial score (nSPS) is 13.8. The third-order valence-electron chi connectivity index (χ3n) is 2.75. The number of rotatable bonds is 6. The molecule has 0 saturated carbocycles. The summed E-state index contributed by atoms with van der Waals surface area (Å²) in [7, 11) is -4.62. The monoisotopic (exact) mass is 341 g/mol. The van der Waals surface area contributed by atoms with Gasteiger partial charge in [0.15, 0.2) is 0 Å². The second kappa shape index (κ2) is 6.53. The first-order chi connectivity index (χ1) is 9.99. The van der Waals surface area contributed by atoms with Crippen LogP contribution in [0.1, 0.15) is 25.3 Å². The Morgan fingerprint density at radius 2 is 1.95 bits per heavy atom. The number of nitrogens with one attached hydrogen (secondary N) is 1. The molecule has 0 bridgehead atoms. The molecule has 0 saturated heterocycles. The van der Waals surface area contributed by atoms with Crippen molar-refractivity contribution in [1.29, 1.82) is 0 Å². The van der Waals surface area contributed by atoms with Gasteiger partial charge in [-0.3, -0.25) is 4.79 Å². The number of halogens is 3. The van der Waals surface area contributed by atoms with E-state index in [-0.39, 0.29) is 12.5 Å². The predicted molar refractivity (Wildman–Crippen MR) is 69.8 cm³/mol. The van der Waals surface area contributed by atoms with E-state index in [0.717, 1.165) is 0 Å². The fourth-order valence-electron chi connectivity index (χ4n) is 1.68. The van der Waals surface area contributed by atoms with E-state index in [2.05, 4.69) is 0 Å². The van der Waals surface area contributed by atoms with Crippen LogP contribution >= 0.6 is 0 Å². The Labute approximate surface area is 124 Å². The summed E-state index contributed by atoms with van der Waals surface area (Å²) < 4.78 is 63.6. The van der Waals surface area contributed by atoms with Crippen molar-refractivity contribution in [2.75, 3.05) is 0 Å².